The average molecular weight is 428 g/mol. The van der Waals surface area contributed by atoms with Crippen molar-refractivity contribution in [3.05, 3.63) is 102 Å². The minimum absolute atomic E-state index is 0.298. The second-order valence-corrected chi connectivity index (χ2v) is 7.24. The number of pyridine rings is 1. The van der Waals surface area contributed by atoms with Crippen molar-refractivity contribution in [2.24, 2.45) is 0 Å². The fraction of sp³-hybridized carbons (Fsp3) is 0.115. The fourth-order valence-corrected chi connectivity index (χ4v) is 3.36. The Morgan fingerprint density at radius 2 is 1.62 bits per heavy atom. The largest absolute Gasteiger partial charge is 0.452 e. The van der Waals surface area contributed by atoms with E-state index in [2.05, 4.69) is 10.3 Å². The van der Waals surface area contributed by atoms with Crippen LogP contribution < -0.4 is 5.32 Å². The Morgan fingerprint density at radius 3 is 2.41 bits per heavy atom. The number of ether oxygens (including phenoxy) is 1. The molecule has 160 valence electrons. The van der Waals surface area contributed by atoms with Crippen LogP contribution in [0.25, 0.3) is 22.2 Å². The Labute approximate surface area is 184 Å². The van der Waals surface area contributed by atoms with Crippen molar-refractivity contribution in [3.63, 3.8) is 0 Å². The lowest BCUT2D eigenvalue weighted by Crippen LogP contribution is -2.30. The smallest absolute Gasteiger partial charge is 0.339 e. The Kier molecular flexibility index (Phi) is 6.51. The molecule has 0 unspecified atom stereocenters. The van der Waals surface area contributed by atoms with Crippen molar-refractivity contribution in [2.45, 2.75) is 6.42 Å². The molecule has 0 aliphatic heterocycles. The van der Waals surface area contributed by atoms with Crippen LogP contribution in [0, 0.1) is 5.82 Å². The maximum absolute atomic E-state index is 13.3. The first-order chi connectivity index (χ1) is 15.6. The molecule has 1 amide bonds. The third-order valence-electron chi connectivity index (χ3n) is 4.99. The maximum atomic E-state index is 13.3. The predicted octanol–water partition coefficient (Wildman–Crippen LogP) is 4.56. The van der Waals surface area contributed by atoms with E-state index >= 15 is 0 Å². The number of fused-ring (bicyclic) bond motifs is 1. The Hall–Kier alpha value is -4.06. The monoisotopic (exact) mass is 428 g/mol. The summed E-state index contributed by atoms with van der Waals surface area (Å²) < 4.78 is 18.6. The zero-order valence-corrected chi connectivity index (χ0v) is 17.3. The number of halogens is 1. The van der Waals surface area contributed by atoms with Gasteiger partial charge >= 0.3 is 5.97 Å². The van der Waals surface area contributed by atoms with Gasteiger partial charge in [-0.15, -0.1) is 0 Å². The van der Waals surface area contributed by atoms with E-state index in [0.29, 0.717) is 40.7 Å². The van der Waals surface area contributed by atoms with Crippen molar-refractivity contribution < 1.29 is 18.7 Å². The van der Waals surface area contributed by atoms with Crippen LogP contribution in [-0.4, -0.2) is 30.0 Å². The molecule has 5 nitrogen and oxygen atoms in total. The fourth-order valence-electron chi connectivity index (χ4n) is 3.36. The molecule has 0 aliphatic carbocycles. The summed E-state index contributed by atoms with van der Waals surface area (Å²) in [5.74, 6) is -1.34. The Morgan fingerprint density at radius 1 is 0.906 bits per heavy atom. The molecule has 0 fully saturated rings. The van der Waals surface area contributed by atoms with Crippen LogP contribution in [0.5, 0.6) is 0 Å². The van der Waals surface area contributed by atoms with Crippen LogP contribution in [0.4, 0.5) is 4.39 Å². The summed E-state index contributed by atoms with van der Waals surface area (Å²) in [7, 11) is 0. The van der Waals surface area contributed by atoms with Crippen molar-refractivity contribution >= 4 is 22.8 Å². The van der Waals surface area contributed by atoms with Gasteiger partial charge in [0.1, 0.15) is 5.82 Å². The zero-order valence-electron chi connectivity index (χ0n) is 17.3. The van der Waals surface area contributed by atoms with Crippen LogP contribution in [0.1, 0.15) is 15.9 Å². The molecule has 4 rings (SSSR count). The van der Waals surface area contributed by atoms with Gasteiger partial charge in [-0.2, -0.15) is 0 Å². The van der Waals surface area contributed by atoms with E-state index in [1.807, 2.05) is 36.4 Å². The van der Waals surface area contributed by atoms with Crippen LogP contribution in [0.15, 0.2) is 84.9 Å². The number of hydrogen-bond donors (Lipinski definition) is 1. The highest BCUT2D eigenvalue weighted by molar-refractivity contribution is 6.05. The molecule has 6 heteroatoms. The van der Waals surface area contributed by atoms with Crippen molar-refractivity contribution in [1.82, 2.24) is 10.3 Å². The van der Waals surface area contributed by atoms with Crippen LogP contribution in [-0.2, 0) is 16.0 Å². The van der Waals surface area contributed by atoms with Crippen LogP contribution in [0.2, 0.25) is 0 Å². The first kappa shape index (κ1) is 21.2. The highest BCUT2D eigenvalue weighted by atomic mass is 19.1. The number of benzene rings is 3. The topological polar surface area (TPSA) is 68.3 Å². The van der Waals surface area contributed by atoms with E-state index in [-0.39, 0.29) is 18.3 Å². The number of hydrogen-bond acceptors (Lipinski definition) is 4. The van der Waals surface area contributed by atoms with Crippen LogP contribution >= 0.6 is 0 Å². The number of nitrogens with zero attached hydrogens (tertiary/aromatic N) is 1. The minimum atomic E-state index is -0.620. The molecule has 0 saturated heterocycles. The lowest BCUT2D eigenvalue weighted by atomic mass is 10.0. The predicted molar refractivity (Wildman–Crippen MR) is 121 cm³/mol. The summed E-state index contributed by atoms with van der Waals surface area (Å²) in [6, 6.07) is 24.4. The zero-order chi connectivity index (χ0) is 22.3. The standard InChI is InChI=1S/C26H21FN2O3/c27-20-12-10-19(11-13-20)24-16-22(21-8-4-5-9-23(21)29-24)26(31)32-17-25(30)28-15-14-18-6-2-1-3-7-18/h1-13,16H,14-15,17H2,(H,28,30). The molecule has 0 saturated carbocycles. The van der Waals surface area contributed by atoms with Crippen molar-refractivity contribution in [1.29, 1.82) is 0 Å². The minimum Gasteiger partial charge on any atom is -0.452 e. The third kappa shape index (κ3) is 5.16. The molecule has 0 atom stereocenters. The van der Waals surface area contributed by atoms with Gasteiger partial charge in [0.2, 0.25) is 0 Å². The molecule has 4 aromatic rings. The highest BCUT2D eigenvalue weighted by Crippen LogP contribution is 2.25. The van der Waals surface area contributed by atoms with Gasteiger partial charge in [-0.3, -0.25) is 4.79 Å². The molecule has 3 aromatic carbocycles. The SMILES string of the molecule is O=C(COC(=O)c1cc(-c2ccc(F)cc2)nc2ccccc12)NCCc1ccccc1. The van der Waals surface area contributed by atoms with Gasteiger partial charge in [0, 0.05) is 17.5 Å². The van der Waals surface area contributed by atoms with E-state index in [1.165, 1.54) is 12.1 Å². The summed E-state index contributed by atoms with van der Waals surface area (Å²) in [5, 5.41) is 3.37. The summed E-state index contributed by atoms with van der Waals surface area (Å²) in [4.78, 5) is 29.5. The van der Waals surface area contributed by atoms with Gasteiger partial charge in [-0.05, 0) is 48.4 Å². The normalized spacial score (nSPS) is 10.7. The van der Waals surface area contributed by atoms with Gasteiger partial charge in [0.25, 0.3) is 5.91 Å². The number of rotatable bonds is 7. The molecule has 0 bridgehead atoms. The molecule has 1 N–H and O–H groups in total. The summed E-state index contributed by atoms with van der Waals surface area (Å²) in [6.07, 6.45) is 0.691. The summed E-state index contributed by atoms with van der Waals surface area (Å²) in [5.41, 5.74) is 3.20. The number of amides is 1. The molecule has 1 heterocycles. The van der Waals surface area contributed by atoms with E-state index in [4.69, 9.17) is 4.74 Å². The van der Waals surface area contributed by atoms with Crippen molar-refractivity contribution in [3.8, 4) is 11.3 Å². The summed E-state index contributed by atoms with van der Waals surface area (Å²) in [6.45, 7) is 0.0729. The molecule has 32 heavy (non-hydrogen) atoms. The number of nitrogens with one attached hydrogen (secondary N) is 1. The Balaban J connectivity index is 1.45. The Bertz CT molecular complexity index is 1240. The van der Waals surface area contributed by atoms with Gasteiger partial charge in [0.15, 0.2) is 6.61 Å². The van der Waals surface area contributed by atoms with E-state index in [0.717, 1.165) is 5.56 Å². The molecule has 0 spiro atoms. The lowest BCUT2D eigenvalue weighted by Gasteiger charge is -2.10. The van der Waals surface area contributed by atoms with E-state index < -0.39 is 5.97 Å². The van der Waals surface area contributed by atoms with E-state index in [1.54, 1.807) is 36.4 Å². The number of para-hydroxylation sites is 1. The maximum Gasteiger partial charge on any atom is 0.339 e. The highest BCUT2D eigenvalue weighted by Gasteiger charge is 2.16. The molecular weight excluding hydrogens is 407 g/mol. The number of aromatic nitrogens is 1. The van der Waals surface area contributed by atoms with Gasteiger partial charge < -0.3 is 10.1 Å². The van der Waals surface area contributed by atoms with Crippen molar-refractivity contribution in [2.75, 3.05) is 13.2 Å². The third-order valence-corrected chi connectivity index (χ3v) is 4.99. The average Bonchev–Trinajstić information content (AvgIpc) is 2.83. The number of esters is 1. The number of carbonyl (C=O) groups excluding carboxylic acids is 2. The van der Waals surface area contributed by atoms with Crippen LogP contribution in [0.3, 0.4) is 0 Å². The number of carbonyl (C=O) groups is 2. The second kappa shape index (κ2) is 9.83. The quantitative estimate of drug-likeness (QED) is 0.438. The van der Waals surface area contributed by atoms with Gasteiger partial charge in [-0.25, -0.2) is 14.2 Å². The van der Waals surface area contributed by atoms with Gasteiger partial charge in [-0.1, -0.05) is 48.5 Å². The summed E-state index contributed by atoms with van der Waals surface area (Å²) >= 11 is 0. The van der Waals surface area contributed by atoms with Gasteiger partial charge in [0.05, 0.1) is 16.8 Å². The second-order valence-electron chi connectivity index (χ2n) is 7.24. The van der Waals surface area contributed by atoms with E-state index in [9.17, 15) is 14.0 Å². The molecule has 0 radical (unpaired) electrons. The molecular formula is C26H21FN2O3. The lowest BCUT2D eigenvalue weighted by molar-refractivity contribution is -0.124. The molecule has 1 aromatic heterocycles. The first-order valence-electron chi connectivity index (χ1n) is 10.2. The first-order valence-corrected chi connectivity index (χ1v) is 10.2. The molecule has 0 aliphatic rings.